The molecule has 0 aliphatic carbocycles. The van der Waals surface area contributed by atoms with Gasteiger partial charge in [-0.2, -0.15) is 0 Å². The molecule has 0 bridgehead atoms. The largest absolute Gasteiger partial charge is 0.478 e. The Balaban J connectivity index is 1.83. The van der Waals surface area contributed by atoms with Gasteiger partial charge < -0.3 is 10.1 Å². The minimum absolute atomic E-state index is 0.0152. The number of carbonyl (C=O) groups is 1. The van der Waals surface area contributed by atoms with Crippen molar-refractivity contribution in [2.24, 2.45) is 0 Å². The molecular weight excluding hydrogens is 291 g/mol. The van der Waals surface area contributed by atoms with Gasteiger partial charge in [-0.15, -0.1) is 0 Å². The van der Waals surface area contributed by atoms with Gasteiger partial charge in [0.05, 0.1) is 16.6 Å². The van der Waals surface area contributed by atoms with Crippen LogP contribution in [0.5, 0.6) is 0 Å². The van der Waals surface area contributed by atoms with Gasteiger partial charge in [0.2, 0.25) is 0 Å². The highest BCUT2D eigenvalue weighted by molar-refractivity contribution is 7.98. The molecule has 2 N–H and O–H groups in total. The van der Waals surface area contributed by atoms with Crippen LogP contribution in [0.4, 0.5) is 4.39 Å². The third kappa shape index (κ3) is 2.90. The first-order valence-corrected chi connectivity index (χ1v) is 7.21. The lowest BCUT2D eigenvalue weighted by atomic mass is 10.1. The zero-order chi connectivity index (χ0) is 14.8. The van der Waals surface area contributed by atoms with Crippen molar-refractivity contribution in [3.63, 3.8) is 0 Å². The van der Waals surface area contributed by atoms with Gasteiger partial charge in [0.25, 0.3) is 0 Å². The van der Waals surface area contributed by atoms with E-state index in [9.17, 15) is 9.18 Å². The first-order valence-electron chi connectivity index (χ1n) is 6.23. The molecule has 0 saturated carbocycles. The fraction of sp³-hybridized carbons (Fsp3) is 0.0667. The second-order valence-electron chi connectivity index (χ2n) is 4.45. The summed E-state index contributed by atoms with van der Waals surface area (Å²) in [5, 5.41) is 9.81. The van der Waals surface area contributed by atoms with Crippen molar-refractivity contribution in [3.8, 4) is 0 Å². The van der Waals surface area contributed by atoms with Crippen LogP contribution in [-0.4, -0.2) is 21.0 Å². The summed E-state index contributed by atoms with van der Waals surface area (Å²) in [4.78, 5) is 18.7. The molecule has 0 amide bonds. The van der Waals surface area contributed by atoms with Gasteiger partial charge in [-0.3, -0.25) is 0 Å². The number of aromatic carboxylic acids is 1. The number of hydrogen-bond acceptors (Lipinski definition) is 3. The van der Waals surface area contributed by atoms with E-state index in [2.05, 4.69) is 9.97 Å². The number of nitrogens with zero attached hydrogens (tertiary/aromatic N) is 1. The summed E-state index contributed by atoms with van der Waals surface area (Å²) in [5.41, 5.74) is 2.34. The Kier molecular flexibility index (Phi) is 3.62. The van der Waals surface area contributed by atoms with Gasteiger partial charge in [-0.25, -0.2) is 14.2 Å². The van der Waals surface area contributed by atoms with Crippen LogP contribution in [0.3, 0.4) is 0 Å². The SMILES string of the molecule is O=C(O)c1cc(F)ccc1CSc1nc2ccccc2[nH]1. The minimum atomic E-state index is -1.13. The summed E-state index contributed by atoms with van der Waals surface area (Å²) in [7, 11) is 0. The summed E-state index contributed by atoms with van der Waals surface area (Å²) in [6, 6.07) is 11.4. The molecule has 1 heterocycles. The van der Waals surface area contributed by atoms with Gasteiger partial charge in [-0.1, -0.05) is 30.0 Å². The number of H-pyrrole nitrogens is 1. The van der Waals surface area contributed by atoms with Gasteiger partial charge >= 0.3 is 5.97 Å². The average molecular weight is 302 g/mol. The van der Waals surface area contributed by atoms with Crippen LogP contribution < -0.4 is 0 Å². The number of aromatic nitrogens is 2. The predicted octanol–water partition coefficient (Wildman–Crippen LogP) is 3.69. The molecule has 4 nitrogen and oxygen atoms in total. The molecule has 0 saturated heterocycles. The Morgan fingerprint density at radius 3 is 2.86 bits per heavy atom. The van der Waals surface area contributed by atoms with Gasteiger partial charge in [-0.05, 0) is 29.8 Å². The normalized spacial score (nSPS) is 10.9. The molecule has 0 atom stereocenters. The summed E-state index contributed by atoms with van der Waals surface area (Å²) in [6.07, 6.45) is 0. The number of nitrogens with one attached hydrogen (secondary N) is 1. The van der Waals surface area contributed by atoms with Gasteiger partial charge in [0.1, 0.15) is 5.82 Å². The number of halogens is 1. The molecule has 0 radical (unpaired) electrons. The summed E-state index contributed by atoms with van der Waals surface area (Å²) in [5.74, 6) is -1.28. The zero-order valence-electron chi connectivity index (χ0n) is 10.8. The first kappa shape index (κ1) is 13.6. The number of carboxylic acids is 1. The summed E-state index contributed by atoms with van der Waals surface area (Å²) < 4.78 is 13.1. The highest BCUT2D eigenvalue weighted by atomic mass is 32.2. The van der Waals surface area contributed by atoms with E-state index >= 15 is 0 Å². The highest BCUT2D eigenvalue weighted by Gasteiger charge is 2.12. The van der Waals surface area contributed by atoms with Crippen LogP contribution in [0.1, 0.15) is 15.9 Å². The Hall–Kier alpha value is -2.34. The lowest BCUT2D eigenvalue weighted by Crippen LogP contribution is -2.02. The van der Waals surface area contributed by atoms with Crippen molar-refractivity contribution in [1.29, 1.82) is 0 Å². The molecule has 6 heteroatoms. The number of thioether (sulfide) groups is 1. The Morgan fingerprint density at radius 1 is 1.29 bits per heavy atom. The maximum atomic E-state index is 13.1. The van der Waals surface area contributed by atoms with Gasteiger partial charge in [0, 0.05) is 5.75 Å². The molecule has 21 heavy (non-hydrogen) atoms. The number of aromatic amines is 1. The highest BCUT2D eigenvalue weighted by Crippen LogP contribution is 2.25. The molecule has 106 valence electrons. The van der Waals surface area contributed by atoms with Crippen molar-refractivity contribution >= 4 is 28.8 Å². The molecule has 1 aromatic heterocycles. The van der Waals surface area contributed by atoms with Crippen LogP contribution in [-0.2, 0) is 5.75 Å². The quantitative estimate of drug-likeness (QED) is 0.721. The Morgan fingerprint density at radius 2 is 2.10 bits per heavy atom. The van der Waals surface area contributed by atoms with E-state index in [0.29, 0.717) is 16.5 Å². The minimum Gasteiger partial charge on any atom is -0.478 e. The second-order valence-corrected chi connectivity index (χ2v) is 5.42. The number of imidazole rings is 1. The third-order valence-electron chi connectivity index (χ3n) is 3.03. The van der Waals surface area contributed by atoms with Crippen LogP contribution in [0.25, 0.3) is 11.0 Å². The molecular formula is C15H11FN2O2S. The van der Waals surface area contributed by atoms with E-state index in [0.717, 1.165) is 17.1 Å². The lowest BCUT2D eigenvalue weighted by Gasteiger charge is -2.04. The van der Waals surface area contributed by atoms with Crippen LogP contribution in [0.2, 0.25) is 0 Å². The van der Waals surface area contributed by atoms with Crippen molar-refractivity contribution in [3.05, 3.63) is 59.4 Å². The molecule has 0 fully saturated rings. The average Bonchev–Trinajstić information content (AvgIpc) is 2.88. The number of carboxylic acid groups (broad SMARTS) is 1. The Labute approximate surface area is 124 Å². The van der Waals surface area contributed by atoms with E-state index < -0.39 is 11.8 Å². The number of benzene rings is 2. The van der Waals surface area contributed by atoms with E-state index in [1.54, 1.807) is 0 Å². The van der Waals surface area contributed by atoms with Gasteiger partial charge in [0.15, 0.2) is 5.16 Å². The number of para-hydroxylation sites is 2. The van der Waals surface area contributed by atoms with E-state index in [-0.39, 0.29) is 5.56 Å². The second kappa shape index (κ2) is 5.57. The van der Waals surface area contributed by atoms with Crippen molar-refractivity contribution in [1.82, 2.24) is 9.97 Å². The maximum absolute atomic E-state index is 13.1. The van der Waals surface area contributed by atoms with Crippen LogP contribution in [0.15, 0.2) is 47.6 Å². The van der Waals surface area contributed by atoms with E-state index in [1.807, 2.05) is 24.3 Å². The topological polar surface area (TPSA) is 66.0 Å². The zero-order valence-corrected chi connectivity index (χ0v) is 11.7. The third-order valence-corrected chi connectivity index (χ3v) is 3.96. The summed E-state index contributed by atoms with van der Waals surface area (Å²) >= 11 is 1.38. The van der Waals surface area contributed by atoms with Crippen molar-refractivity contribution in [2.45, 2.75) is 10.9 Å². The molecule has 0 unspecified atom stereocenters. The smallest absolute Gasteiger partial charge is 0.336 e. The lowest BCUT2D eigenvalue weighted by molar-refractivity contribution is 0.0695. The molecule has 0 spiro atoms. The fourth-order valence-corrected chi connectivity index (χ4v) is 2.91. The fourth-order valence-electron chi connectivity index (χ4n) is 2.02. The van der Waals surface area contributed by atoms with Crippen molar-refractivity contribution in [2.75, 3.05) is 0 Å². The Bertz CT molecular complexity index is 783. The monoisotopic (exact) mass is 302 g/mol. The number of hydrogen-bond donors (Lipinski definition) is 2. The molecule has 3 aromatic rings. The number of rotatable bonds is 4. The van der Waals surface area contributed by atoms with Crippen LogP contribution >= 0.6 is 11.8 Å². The molecule has 2 aromatic carbocycles. The summed E-state index contributed by atoms with van der Waals surface area (Å²) in [6.45, 7) is 0. The van der Waals surface area contributed by atoms with E-state index in [1.165, 1.54) is 23.9 Å². The maximum Gasteiger partial charge on any atom is 0.336 e. The molecule has 3 rings (SSSR count). The van der Waals surface area contributed by atoms with Crippen LogP contribution in [0, 0.1) is 5.82 Å². The number of fused-ring (bicyclic) bond motifs is 1. The van der Waals surface area contributed by atoms with E-state index in [4.69, 9.17) is 5.11 Å². The predicted molar refractivity (Wildman–Crippen MR) is 79.0 cm³/mol. The molecule has 0 aliphatic heterocycles. The van der Waals surface area contributed by atoms with Crippen molar-refractivity contribution < 1.29 is 14.3 Å². The molecule has 0 aliphatic rings. The first-order chi connectivity index (χ1) is 10.1. The standard InChI is InChI=1S/C15H11FN2O2S/c16-10-6-5-9(11(7-10)14(19)20)8-21-15-17-12-3-1-2-4-13(12)18-15/h1-7H,8H2,(H,17,18)(H,19,20).